The Kier molecular flexibility index (Phi) is 10.9. The van der Waals surface area contributed by atoms with E-state index in [-0.39, 0.29) is 84.4 Å². The van der Waals surface area contributed by atoms with Crippen molar-refractivity contribution < 1.29 is 32.3 Å². The fraction of sp³-hybridized carbons (Fsp3) is 0.512. The van der Waals surface area contributed by atoms with Crippen molar-refractivity contribution in [2.45, 2.75) is 94.4 Å². The number of halogens is 3. The Morgan fingerprint density at radius 3 is 2.51 bits per heavy atom. The van der Waals surface area contributed by atoms with Crippen LogP contribution in [0, 0.1) is 5.92 Å². The molecule has 4 fully saturated rings. The summed E-state index contributed by atoms with van der Waals surface area (Å²) in [5, 5.41) is 22.5. The van der Waals surface area contributed by atoms with Crippen LogP contribution in [-0.2, 0) is 21.4 Å². The SMILES string of the molecule is Cn1nc(C2CCC(=O)NC2=O)c2ccc(N3CCC(NC(=O)C4CCC(n5cc(NC(=O)c6c(N7C[C@H](N)C[C@@H](F)C7)nn7cccnc67)c(C(F)F)n5)CC4)CC3)cc21. The monoisotopic (exact) mass is 843 g/mol. The lowest BCUT2D eigenvalue weighted by Crippen LogP contribution is -2.48. The number of hydrogen-bond acceptors (Lipinski definition) is 11. The Morgan fingerprint density at radius 2 is 1.77 bits per heavy atom. The van der Waals surface area contributed by atoms with Crippen LogP contribution in [0.5, 0.6) is 0 Å². The molecule has 9 rings (SSSR count). The summed E-state index contributed by atoms with van der Waals surface area (Å²) in [6.45, 7) is 1.71. The Labute approximate surface area is 348 Å². The van der Waals surface area contributed by atoms with Crippen LogP contribution in [-0.4, -0.2) is 102 Å². The number of carbonyl (C=O) groups excluding carboxylic acids is 4. The predicted octanol–water partition coefficient (Wildman–Crippen LogP) is 3.91. The fourth-order valence-corrected chi connectivity index (χ4v) is 9.47. The minimum Gasteiger partial charge on any atom is -0.371 e. The second-order valence-corrected chi connectivity index (χ2v) is 16.7. The average molecular weight is 844 g/mol. The Morgan fingerprint density at radius 1 is 0.984 bits per heavy atom. The zero-order valence-corrected chi connectivity index (χ0v) is 33.6. The highest BCUT2D eigenvalue weighted by atomic mass is 19.3. The number of anilines is 3. The highest BCUT2D eigenvalue weighted by molar-refractivity contribution is 6.12. The van der Waals surface area contributed by atoms with Gasteiger partial charge in [-0.05, 0) is 75.6 Å². The number of carbonyl (C=O) groups is 4. The van der Waals surface area contributed by atoms with Crippen molar-refractivity contribution >= 4 is 57.4 Å². The molecule has 4 aliphatic rings. The third-order valence-corrected chi connectivity index (χ3v) is 12.6. The van der Waals surface area contributed by atoms with E-state index in [1.54, 1.807) is 21.8 Å². The molecule has 0 radical (unpaired) electrons. The van der Waals surface area contributed by atoms with Crippen LogP contribution >= 0.6 is 0 Å². The van der Waals surface area contributed by atoms with Crippen LogP contribution in [0.4, 0.5) is 30.4 Å². The van der Waals surface area contributed by atoms with Crippen LogP contribution in [0.15, 0.2) is 42.9 Å². The molecule has 5 N–H and O–H groups in total. The van der Waals surface area contributed by atoms with Gasteiger partial charge in [-0.1, -0.05) is 0 Å². The van der Waals surface area contributed by atoms with Crippen molar-refractivity contribution in [3.05, 3.63) is 59.8 Å². The highest BCUT2D eigenvalue weighted by Crippen LogP contribution is 2.37. The largest absolute Gasteiger partial charge is 0.371 e. The molecule has 1 aliphatic carbocycles. The van der Waals surface area contributed by atoms with Gasteiger partial charge in [0, 0.05) is 80.8 Å². The van der Waals surface area contributed by atoms with Crippen molar-refractivity contribution in [1.82, 2.24) is 44.8 Å². The van der Waals surface area contributed by atoms with Crippen LogP contribution < -0.4 is 31.5 Å². The molecule has 322 valence electrons. The number of aromatic nitrogens is 7. The van der Waals surface area contributed by atoms with E-state index in [4.69, 9.17) is 5.73 Å². The number of nitrogens with two attached hydrogens (primary N) is 1. The lowest BCUT2D eigenvalue weighted by molar-refractivity contribution is -0.134. The minimum atomic E-state index is -2.98. The van der Waals surface area contributed by atoms with Gasteiger partial charge in [0.25, 0.3) is 12.3 Å². The predicted molar refractivity (Wildman–Crippen MR) is 218 cm³/mol. The van der Waals surface area contributed by atoms with E-state index >= 15 is 0 Å². The second-order valence-electron chi connectivity index (χ2n) is 16.7. The summed E-state index contributed by atoms with van der Waals surface area (Å²) in [4.78, 5) is 59.8. The summed E-state index contributed by atoms with van der Waals surface area (Å²) < 4.78 is 48.0. The maximum Gasteiger partial charge on any atom is 0.284 e. The van der Waals surface area contributed by atoms with Crippen molar-refractivity contribution in [2.75, 3.05) is 41.3 Å². The smallest absolute Gasteiger partial charge is 0.284 e. The normalized spacial score (nSPS) is 24.1. The molecule has 3 aliphatic heterocycles. The van der Waals surface area contributed by atoms with Crippen molar-refractivity contribution in [1.29, 1.82) is 0 Å². The summed E-state index contributed by atoms with van der Waals surface area (Å²) in [5.74, 6) is -1.86. The first-order chi connectivity index (χ1) is 29.4. The zero-order valence-electron chi connectivity index (χ0n) is 33.6. The number of amides is 4. The van der Waals surface area contributed by atoms with Gasteiger partial charge in [-0.2, -0.15) is 10.2 Å². The van der Waals surface area contributed by atoms with Crippen LogP contribution in [0.25, 0.3) is 16.6 Å². The average Bonchev–Trinajstić information content (AvgIpc) is 3.94. The third-order valence-electron chi connectivity index (χ3n) is 12.6. The number of piperidine rings is 3. The highest BCUT2D eigenvalue weighted by Gasteiger charge is 2.35. The first-order valence-corrected chi connectivity index (χ1v) is 20.9. The van der Waals surface area contributed by atoms with Gasteiger partial charge in [-0.3, -0.25) is 33.9 Å². The second kappa shape index (κ2) is 16.4. The molecule has 5 aromatic rings. The maximum atomic E-state index is 14.6. The summed E-state index contributed by atoms with van der Waals surface area (Å²) >= 11 is 0. The summed E-state index contributed by atoms with van der Waals surface area (Å²) in [5.41, 5.74) is 8.16. The topological polar surface area (TPSA) is 203 Å². The molecular weight excluding hydrogens is 796 g/mol. The van der Waals surface area contributed by atoms with E-state index in [0.717, 1.165) is 42.5 Å². The van der Waals surface area contributed by atoms with Crippen molar-refractivity contribution in [3.63, 3.8) is 0 Å². The number of alkyl halides is 3. The van der Waals surface area contributed by atoms with Crippen LogP contribution in [0.3, 0.4) is 0 Å². The lowest BCUT2D eigenvalue weighted by atomic mass is 9.85. The Hall–Kier alpha value is -6.05. The molecule has 61 heavy (non-hydrogen) atoms. The van der Waals surface area contributed by atoms with Gasteiger partial charge < -0.3 is 26.2 Å². The number of hydrogen-bond donors (Lipinski definition) is 4. The van der Waals surface area contributed by atoms with Gasteiger partial charge in [0.15, 0.2) is 17.2 Å². The van der Waals surface area contributed by atoms with Gasteiger partial charge >= 0.3 is 0 Å². The minimum absolute atomic E-state index is 0.0116. The number of benzene rings is 1. The third kappa shape index (κ3) is 7.99. The Balaban J connectivity index is 0.801. The molecule has 1 aromatic carbocycles. The molecule has 1 saturated carbocycles. The zero-order chi connectivity index (χ0) is 42.5. The van der Waals surface area contributed by atoms with Gasteiger partial charge in [0.2, 0.25) is 17.7 Å². The molecule has 3 atom stereocenters. The number of imide groups is 1. The standard InChI is InChI=1S/C41H48F3N13O4/c1-53-31-18-27(7-8-28(31)34(50-53)29-9-10-32(58)49-40(29)60)54-15-11-25(12-16-54)47-39(59)22-3-5-26(6-4-22)57-21-30(35(51-57)36(43)44)48-41(61)33-37-46-13-2-14-56(37)52-38(33)55-19-23(42)17-24(45)20-55/h2,7-8,13-14,18,21-26,29,36H,3-6,9-12,15-17,19-20,45H2,1H3,(H,47,59)(H,48,61)(H,49,58,60)/t22?,23-,24-,26?,29?/m1/s1. The number of aryl methyl sites for hydroxylation is 1. The van der Waals surface area contributed by atoms with Gasteiger partial charge in [-0.15, -0.1) is 5.10 Å². The van der Waals surface area contributed by atoms with E-state index < -0.39 is 36.2 Å². The molecule has 0 spiro atoms. The van der Waals surface area contributed by atoms with Crippen molar-refractivity contribution in [2.24, 2.45) is 18.7 Å². The first-order valence-electron chi connectivity index (χ1n) is 20.9. The van der Waals surface area contributed by atoms with E-state index in [2.05, 4.69) is 47.2 Å². The van der Waals surface area contributed by atoms with Crippen molar-refractivity contribution in [3.8, 4) is 0 Å². The number of fused-ring (bicyclic) bond motifs is 2. The van der Waals surface area contributed by atoms with E-state index in [9.17, 15) is 32.3 Å². The van der Waals surface area contributed by atoms with E-state index in [1.165, 1.54) is 21.6 Å². The molecule has 20 heteroatoms. The number of rotatable bonds is 9. The summed E-state index contributed by atoms with van der Waals surface area (Å²) in [6.07, 6.45) is 4.89. The van der Waals surface area contributed by atoms with E-state index in [0.29, 0.717) is 37.8 Å². The number of nitrogens with one attached hydrogen (secondary N) is 3. The quantitative estimate of drug-likeness (QED) is 0.157. The summed E-state index contributed by atoms with van der Waals surface area (Å²) in [6, 6.07) is 7.00. The van der Waals surface area contributed by atoms with E-state index in [1.807, 2.05) is 19.2 Å². The fourth-order valence-electron chi connectivity index (χ4n) is 9.47. The van der Waals surface area contributed by atoms with Crippen LogP contribution in [0.2, 0.25) is 0 Å². The number of nitrogens with zero attached hydrogens (tertiary/aromatic N) is 9. The van der Waals surface area contributed by atoms with Gasteiger partial charge in [-0.25, -0.2) is 22.7 Å². The maximum absolute atomic E-state index is 14.6. The molecular formula is C41H48F3N13O4. The molecule has 1 unspecified atom stereocenters. The van der Waals surface area contributed by atoms with Gasteiger partial charge in [0.1, 0.15) is 11.7 Å². The first kappa shape index (κ1) is 40.4. The lowest BCUT2D eigenvalue weighted by Gasteiger charge is -2.35. The molecule has 7 heterocycles. The molecule has 4 amide bonds. The molecule has 0 bridgehead atoms. The van der Waals surface area contributed by atoms with Gasteiger partial charge in [0.05, 0.1) is 35.4 Å². The molecule has 17 nitrogen and oxygen atoms in total. The molecule has 3 saturated heterocycles. The molecule has 4 aromatic heterocycles. The van der Waals surface area contributed by atoms with Crippen LogP contribution in [0.1, 0.15) is 97.9 Å². The Bertz CT molecular complexity index is 2480. The summed E-state index contributed by atoms with van der Waals surface area (Å²) in [7, 11) is 1.85.